The van der Waals surface area contributed by atoms with Gasteiger partial charge in [0.1, 0.15) is 6.10 Å². The van der Waals surface area contributed by atoms with E-state index < -0.39 is 10.0 Å². The maximum atomic E-state index is 13.5. The van der Waals surface area contributed by atoms with Crippen molar-refractivity contribution in [2.24, 2.45) is 0 Å². The van der Waals surface area contributed by atoms with E-state index in [-0.39, 0.29) is 22.9 Å². The van der Waals surface area contributed by atoms with Crippen LogP contribution in [0.5, 0.6) is 0 Å². The van der Waals surface area contributed by atoms with Gasteiger partial charge in [0, 0.05) is 17.5 Å². The highest BCUT2D eigenvalue weighted by Gasteiger charge is 2.43. The summed E-state index contributed by atoms with van der Waals surface area (Å²) < 4.78 is 34.0. The Morgan fingerprint density at radius 3 is 2.59 bits per heavy atom. The number of carbonyl (C=O) groups excluding carboxylic acids is 1. The van der Waals surface area contributed by atoms with Gasteiger partial charge in [-0.1, -0.05) is 35.9 Å². The summed E-state index contributed by atoms with van der Waals surface area (Å²) >= 11 is 0. The number of hydrogen-bond acceptors (Lipinski definition) is 4. The van der Waals surface area contributed by atoms with Crippen LogP contribution in [-0.4, -0.2) is 24.5 Å². The van der Waals surface area contributed by atoms with E-state index in [1.165, 1.54) is 3.97 Å². The molecular formula is C21H19NO4S. The lowest BCUT2D eigenvalue weighted by Crippen LogP contribution is -2.19. The summed E-state index contributed by atoms with van der Waals surface area (Å²) in [6.07, 6.45) is 1.73. The molecule has 2 aliphatic rings. The largest absolute Gasteiger partial charge is 0.462 e. The van der Waals surface area contributed by atoms with Crippen LogP contribution < -0.4 is 0 Å². The second-order valence-corrected chi connectivity index (χ2v) is 9.13. The van der Waals surface area contributed by atoms with Gasteiger partial charge in [0.2, 0.25) is 0 Å². The number of para-hydroxylation sites is 1. The average molecular weight is 381 g/mol. The minimum absolute atomic E-state index is 0.121. The van der Waals surface area contributed by atoms with Crippen molar-refractivity contribution in [2.75, 3.05) is 0 Å². The van der Waals surface area contributed by atoms with Crippen molar-refractivity contribution in [3.05, 3.63) is 65.4 Å². The van der Waals surface area contributed by atoms with E-state index in [9.17, 15) is 13.2 Å². The second-order valence-electron chi connectivity index (χ2n) is 7.35. The van der Waals surface area contributed by atoms with Crippen LogP contribution in [0.1, 0.15) is 35.6 Å². The summed E-state index contributed by atoms with van der Waals surface area (Å²) in [4.78, 5) is 12.7. The molecule has 2 bridgehead atoms. The third kappa shape index (κ3) is 2.36. The average Bonchev–Trinajstić information content (AvgIpc) is 3.10. The molecule has 2 atom stereocenters. The Morgan fingerprint density at radius 1 is 1.07 bits per heavy atom. The van der Waals surface area contributed by atoms with Gasteiger partial charge in [-0.2, -0.15) is 0 Å². The lowest BCUT2D eigenvalue weighted by molar-refractivity contribution is -0.142. The van der Waals surface area contributed by atoms with Crippen LogP contribution in [0.3, 0.4) is 0 Å². The summed E-state index contributed by atoms with van der Waals surface area (Å²) in [6, 6.07) is 14.3. The van der Waals surface area contributed by atoms with E-state index in [4.69, 9.17) is 4.74 Å². The maximum Gasteiger partial charge on any atom is 0.313 e. The van der Waals surface area contributed by atoms with E-state index in [0.29, 0.717) is 24.8 Å². The van der Waals surface area contributed by atoms with Crippen LogP contribution in [0.4, 0.5) is 0 Å². The van der Waals surface area contributed by atoms with Gasteiger partial charge < -0.3 is 4.74 Å². The van der Waals surface area contributed by atoms with Crippen molar-refractivity contribution in [3.63, 3.8) is 0 Å². The first kappa shape index (κ1) is 16.6. The zero-order chi connectivity index (χ0) is 18.8. The summed E-state index contributed by atoms with van der Waals surface area (Å²) in [6.45, 7) is 1.93. The zero-order valence-electron chi connectivity index (χ0n) is 14.9. The predicted octanol–water partition coefficient (Wildman–Crippen LogP) is 3.53. The Balaban J connectivity index is 1.83. The van der Waals surface area contributed by atoms with Crippen LogP contribution >= 0.6 is 0 Å². The number of fused-ring (bicyclic) bond motifs is 6. The first-order valence-electron chi connectivity index (χ1n) is 9.12. The molecule has 0 unspecified atom stereocenters. The standard InChI is InChI=1S/C21H19NO4S/c1-13-6-9-15(10-7-13)27(24,25)22-18-5-3-2-4-16(18)20-17-12-14(26-21(17)23)8-11-19(20)22/h2-7,9-10,14,17H,8,11-12H2,1H3/t14-,17-/m0/s1. The molecular weight excluding hydrogens is 362 g/mol. The molecule has 138 valence electrons. The van der Waals surface area contributed by atoms with Crippen molar-refractivity contribution in [2.45, 2.75) is 43.1 Å². The fraction of sp³-hybridized carbons (Fsp3) is 0.286. The monoisotopic (exact) mass is 381 g/mol. The molecule has 1 aromatic heterocycles. The Hall–Kier alpha value is -2.60. The molecule has 27 heavy (non-hydrogen) atoms. The van der Waals surface area contributed by atoms with Crippen LogP contribution in [-0.2, 0) is 26.0 Å². The van der Waals surface area contributed by atoms with Gasteiger partial charge in [0.05, 0.1) is 16.3 Å². The van der Waals surface area contributed by atoms with Gasteiger partial charge in [-0.05, 0) is 43.5 Å². The van der Waals surface area contributed by atoms with Crippen LogP contribution in [0.2, 0.25) is 0 Å². The SMILES string of the molecule is Cc1ccc(S(=O)(=O)n2c3c(c4ccccc42)[C@@H]2C[C@H](CC3)OC2=O)cc1. The summed E-state index contributed by atoms with van der Waals surface area (Å²) in [5.41, 5.74) is 3.18. The number of benzene rings is 2. The van der Waals surface area contributed by atoms with E-state index >= 15 is 0 Å². The van der Waals surface area contributed by atoms with Gasteiger partial charge in [-0.3, -0.25) is 4.79 Å². The summed E-state index contributed by atoms with van der Waals surface area (Å²) in [5, 5.41) is 0.827. The molecule has 1 saturated heterocycles. The molecule has 3 aromatic rings. The first-order chi connectivity index (χ1) is 13.0. The van der Waals surface area contributed by atoms with Gasteiger partial charge in [-0.15, -0.1) is 0 Å². The van der Waals surface area contributed by atoms with Crippen molar-refractivity contribution in [1.82, 2.24) is 3.97 Å². The lowest BCUT2D eigenvalue weighted by Gasteiger charge is -2.15. The number of ether oxygens (including phenoxy) is 1. The number of aromatic nitrogens is 1. The fourth-order valence-corrected chi connectivity index (χ4v) is 5.96. The van der Waals surface area contributed by atoms with Crippen molar-refractivity contribution in [1.29, 1.82) is 0 Å². The molecule has 2 heterocycles. The predicted molar refractivity (Wildman–Crippen MR) is 101 cm³/mol. The third-order valence-corrected chi connectivity index (χ3v) is 7.41. The third-order valence-electron chi connectivity index (χ3n) is 5.65. The summed E-state index contributed by atoms with van der Waals surface area (Å²) in [7, 11) is -3.77. The number of hydrogen-bond donors (Lipinski definition) is 0. The first-order valence-corrected chi connectivity index (χ1v) is 10.6. The quantitative estimate of drug-likeness (QED) is 0.637. The molecule has 0 spiro atoms. The van der Waals surface area contributed by atoms with Crippen molar-refractivity contribution >= 4 is 26.9 Å². The molecule has 1 aliphatic heterocycles. The topological polar surface area (TPSA) is 65.4 Å². The van der Waals surface area contributed by atoms with E-state index in [0.717, 1.165) is 22.2 Å². The number of rotatable bonds is 2. The molecule has 2 aromatic carbocycles. The smallest absolute Gasteiger partial charge is 0.313 e. The number of aryl methyl sites for hydroxylation is 1. The molecule has 0 amide bonds. The Kier molecular flexibility index (Phi) is 3.49. The van der Waals surface area contributed by atoms with Crippen LogP contribution in [0, 0.1) is 6.92 Å². The Morgan fingerprint density at radius 2 is 1.81 bits per heavy atom. The number of esters is 1. The fourth-order valence-electron chi connectivity index (χ4n) is 4.37. The number of nitrogens with zero attached hydrogens (tertiary/aromatic N) is 1. The normalized spacial score (nSPS) is 21.7. The number of carbonyl (C=O) groups is 1. The molecule has 5 rings (SSSR count). The highest BCUT2D eigenvalue weighted by atomic mass is 32.2. The summed E-state index contributed by atoms with van der Waals surface area (Å²) in [5.74, 6) is -0.622. The van der Waals surface area contributed by atoms with Crippen molar-refractivity contribution < 1.29 is 17.9 Å². The van der Waals surface area contributed by atoms with E-state index in [1.807, 2.05) is 31.2 Å². The minimum atomic E-state index is -3.77. The second kappa shape index (κ2) is 5.70. The molecule has 1 fully saturated rings. The highest BCUT2D eigenvalue weighted by Crippen LogP contribution is 2.44. The molecule has 6 heteroatoms. The Labute approximate surface area is 157 Å². The highest BCUT2D eigenvalue weighted by molar-refractivity contribution is 7.90. The molecule has 1 aliphatic carbocycles. The Bertz CT molecular complexity index is 1170. The van der Waals surface area contributed by atoms with Gasteiger partial charge in [0.25, 0.3) is 10.0 Å². The minimum Gasteiger partial charge on any atom is -0.462 e. The molecule has 0 saturated carbocycles. The van der Waals surface area contributed by atoms with Gasteiger partial charge >= 0.3 is 5.97 Å². The van der Waals surface area contributed by atoms with Gasteiger partial charge in [-0.25, -0.2) is 12.4 Å². The van der Waals surface area contributed by atoms with Crippen molar-refractivity contribution in [3.8, 4) is 0 Å². The van der Waals surface area contributed by atoms with Gasteiger partial charge in [0.15, 0.2) is 0 Å². The van der Waals surface area contributed by atoms with Crippen LogP contribution in [0.25, 0.3) is 10.9 Å². The molecule has 5 nitrogen and oxygen atoms in total. The zero-order valence-corrected chi connectivity index (χ0v) is 15.7. The lowest BCUT2D eigenvalue weighted by atomic mass is 9.95. The van der Waals surface area contributed by atoms with E-state index in [2.05, 4.69) is 0 Å². The van der Waals surface area contributed by atoms with Crippen LogP contribution in [0.15, 0.2) is 53.4 Å². The molecule has 0 N–H and O–H groups in total. The molecule has 0 radical (unpaired) electrons. The maximum absolute atomic E-state index is 13.5. The van der Waals surface area contributed by atoms with E-state index in [1.54, 1.807) is 24.3 Å².